The molecular formula is C15H20BrNO4. The van der Waals surface area contributed by atoms with E-state index in [1.165, 1.54) is 0 Å². The van der Waals surface area contributed by atoms with E-state index in [1.807, 2.05) is 6.07 Å². The Morgan fingerprint density at radius 3 is 2.62 bits per heavy atom. The molecule has 0 saturated heterocycles. The van der Waals surface area contributed by atoms with Gasteiger partial charge in [0, 0.05) is 10.9 Å². The molecule has 0 aliphatic rings. The molecule has 0 bridgehead atoms. The SMILES string of the molecule is COc1ccc(Br)c([C@@H](CC=O)NC(=O)OC(C)(C)C)c1. The largest absolute Gasteiger partial charge is 0.497 e. The Balaban J connectivity index is 2.96. The van der Waals surface area contributed by atoms with Crippen LogP contribution in [0.15, 0.2) is 22.7 Å². The summed E-state index contributed by atoms with van der Waals surface area (Å²) in [5.41, 5.74) is 0.161. The van der Waals surface area contributed by atoms with Crippen LogP contribution < -0.4 is 10.1 Å². The van der Waals surface area contributed by atoms with Gasteiger partial charge in [-0.3, -0.25) is 0 Å². The Hall–Kier alpha value is -1.56. The van der Waals surface area contributed by atoms with Crippen LogP contribution in [0.3, 0.4) is 0 Å². The molecule has 6 heteroatoms. The van der Waals surface area contributed by atoms with Crippen molar-refractivity contribution >= 4 is 28.3 Å². The van der Waals surface area contributed by atoms with Gasteiger partial charge in [-0.25, -0.2) is 4.79 Å². The lowest BCUT2D eigenvalue weighted by Crippen LogP contribution is -2.35. The van der Waals surface area contributed by atoms with Gasteiger partial charge in [0.25, 0.3) is 0 Å². The summed E-state index contributed by atoms with van der Waals surface area (Å²) in [4.78, 5) is 22.8. The third-order valence-corrected chi connectivity index (χ3v) is 3.32. The van der Waals surface area contributed by atoms with Gasteiger partial charge in [0.05, 0.1) is 13.2 Å². The molecule has 1 amide bonds. The monoisotopic (exact) mass is 357 g/mol. The van der Waals surface area contributed by atoms with Gasteiger partial charge in [-0.15, -0.1) is 0 Å². The van der Waals surface area contributed by atoms with E-state index in [0.29, 0.717) is 5.75 Å². The number of methoxy groups -OCH3 is 1. The highest BCUT2D eigenvalue weighted by molar-refractivity contribution is 9.10. The lowest BCUT2D eigenvalue weighted by Gasteiger charge is -2.23. The number of hydrogen-bond donors (Lipinski definition) is 1. The molecule has 0 radical (unpaired) electrons. The molecule has 1 atom stereocenters. The van der Waals surface area contributed by atoms with Crippen LogP contribution in [0.4, 0.5) is 4.79 Å². The highest BCUT2D eigenvalue weighted by Gasteiger charge is 2.22. The number of halogens is 1. The summed E-state index contributed by atoms with van der Waals surface area (Å²) >= 11 is 3.42. The van der Waals surface area contributed by atoms with Crippen LogP contribution in [-0.2, 0) is 9.53 Å². The topological polar surface area (TPSA) is 64.6 Å². The molecule has 0 saturated carbocycles. The minimum absolute atomic E-state index is 0.144. The minimum atomic E-state index is -0.596. The second-order valence-electron chi connectivity index (χ2n) is 5.49. The molecule has 1 N–H and O–H groups in total. The first-order valence-corrected chi connectivity index (χ1v) is 7.32. The summed E-state index contributed by atoms with van der Waals surface area (Å²) < 4.78 is 11.2. The van der Waals surface area contributed by atoms with Crippen molar-refractivity contribution in [2.24, 2.45) is 0 Å². The number of carbonyl (C=O) groups excluding carboxylic acids is 2. The van der Waals surface area contributed by atoms with Crippen molar-refractivity contribution in [2.45, 2.75) is 38.8 Å². The van der Waals surface area contributed by atoms with Crippen molar-refractivity contribution in [3.63, 3.8) is 0 Å². The number of aldehydes is 1. The zero-order chi connectivity index (χ0) is 16.0. The molecule has 0 aliphatic carbocycles. The van der Waals surface area contributed by atoms with Crippen LogP contribution in [0.2, 0.25) is 0 Å². The molecule has 1 aromatic rings. The molecule has 1 rings (SSSR count). The molecule has 5 nitrogen and oxygen atoms in total. The van der Waals surface area contributed by atoms with Crippen LogP contribution in [0.5, 0.6) is 5.75 Å². The Labute approximate surface area is 133 Å². The quantitative estimate of drug-likeness (QED) is 0.817. The van der Waals surface area contributed by atoms with Crippen LogP contribution in [-0.4, -0.2) is 25.1 Å². The molecule has 0 heterocycles. The van der Waals surface area contributed by atoms with Gasteiger partial charge in [-0.2, -0.15) is 0 Å². The maximum absolute atomic E-state index is 11.9. The zero-order valence-electron chi connectivity index (χ0n) is 12.6. The third kappa shape index (κ3) is 5.75. The van der Waals surface area contributed by atoms with E-state index in [-0.39, 0.29) is 6.42 Å². The minimum Gasteiger partial charge on any atom is -0.497 e. The number of amides is 1. The first kappa shape index (κ1) is 17.5. The van der Waals surface area contributed by atoms with E-state index in [0.717, 1.165) is 16.3 Å². The fraction of sp³-hybridized carbons (Fsp3) is 0.467. The number of benzene rings is 1. The molecule has 0 spiro atoms. The molecular weight excluding hydrogens is 338 g/mol. The molecule has 21 heavy (non-hydrogen) atoms. The van der Waals surface area contributed by atoms with Gasteiger partial charge >= 0.3 is 6.09 Å². The van der Waals surface area contributed by atoms with Crippen LogP contribution in [0.1, 0.15) is 38.8 Å². The summed E-state index contributed by atoms with van der Waals surface area (Å²) in [6, 6.07) is 4.89. The van der Waals surface area contributed by atoms with Gasteiger partial charge in [0.2, 0.25) is 0 Å². The average molecular weight is 358 g/mol. The maximum atomic E-state index is 11.9. The third-order valence-electron chi connectivity index (χ3n) is 2.60. The average Bonchev–Trinajstić information content (AvgIpc) is 2.36. The fourth-order valence-electron chi connectivity index (χ4n) is 1.73. The van der Waals surface area contributed by atoms with Crippen molar-refractivity contribution in [2.75, 3.05) is 7.11 Å². The molecule has 0 unspecified atom stereocenters. The fourth-order valence-corrected chi connectivity index (χ4v) is 2.25. The molecule has 0 aliphatic heterocycles. The van der Waals surface area contributed by atoms with E-state index in [9.17, 15) is 9.59 Å². The molecule has 116 valence electrons. The number of nitrogens with one attached hydrogen (secondary N) is 1. The van der Waals surface area contributed by atoms with Crippen LogP contribution in [0, 0.1) is 0 Å². The summed E-state index contributed by atoms with van der Waals surface area (Å²) in [6.45, 7) is 5.34. The lowest BCUT2D eigenvalue weighted by molar-refractivity contribution is -0.108. The number of hydrogen-bond acceptors (Lipinski definition) is 4. The van der Waals surface area contributed by atoms with Gasteiger partial charge < -0.3 is 19.6 Å². The van der Waals surface area contributed by atoms with Crippen LogP contribution >= 0.6 is 15.9 Å². The van der Waals surface area contributed by atoms with E-state index in [1.54, 1.807) is 40.0 Å². The standard InChI is InChI=1S/C15H20BrNO4/c1-15(2,3)21-14(19)17-13(7-8-18)11-9-10(20-4)5-6-12(11)16/h5-6,8-9,13H,7H2,1-4H3,(H,17,19)/t13-/m1/s1. The van der Waals surface area contributed by atoms with Crippen molar-refractivity contribution in [1.29, 1.82) is 0 Å². The summed E-state index contributed by atoms with van der Waals surface area (Å²) in [5.74, 6) is 0.648. The van der Waals surface area contributed by atoms with Crippen molar-refractivity contribution in [3.05, 3.63) is 28.2 Å². The predicted octanol–water partition coefficient (Wildman–Crippen LogP) is 3.61. The zero-order valence-corrected chi connectivity index (χ0v) is 14.2. The molecule has 0 fully saturated rings. The second kappa shape index (κ2) is 7.45. The van der Waals surface area contributed by atoms with Gasteiger partial charge in [-0.05, 0) is 44.5 Å². The summed E-state index contributed by atoms with van der Waals surface area (Å²) in [6.07, 6.45) is 0.336. The molecule has 0 aromatic heterocycles. The van der Waals surface area contributed by atoms with E-state index in [4.69, 9.17) is 9.47 Å². The highest BCUT2D eigenvalue weighted by Crippen LogP contribution is 2.29. The van der Waals surface area contributed by atoms with Crippen molar-refractivity contribution < 1.29 is 19.1 Å². The summed E-state index contributed by atoms with van der Waals surface area (Å²) in [7, 11) is 1.56. The normalized spacial score (nSPS) is 12.4. The van der Waals surface area contributed by atoms with Crippen LogP contribution in [0.25, 0.3) is 0 Å². The second-order valence-corrected chi connectivity index (χ2v) is 6.34. The number of ether oxygens (including phenoxy) is 2. The lowest BCUT2D eigenvalue weighted by atomic mass is 10.0. The van der Waals surface area contributed by atoms with E-state index in [2.05, 4.69) is 21.2 Å². The maximum Gasteiger partial charge on any atom is 0.408 e. The smallest absolute Gasteiger partial charge is 0.408 e. The Kier molecular flexibility index (Phi) is 6.20. The van der Waals surface area contributed by atoms with E-state index < -0.39 is 17.7 Å². The van der Waals surface area contributed by atoms with E-state index >= 15 is 0 Å². The van der Waals surface area contributed by atoms with Gasteiger partial charge in [-0.1, -0.05) is 15.9 Å². The number of carbonyl (C=O) groups is 2. The first-order chi connectivity index (χ1) is 9.76. The first-order valence-electron chi connectivity index (χ1n) is 6.53. The molecule has 1 aromatic carbocycles. The van der Waals surface area contributed by atoms with Gasteiger partial charge in [0.15, 0.2) is 0 Å². The Bertz CT molecular complexity index is 511. The summed E-state index contributed by atoms with van der Waals surface area (Å²) in [5, 5.41) is 2.70. The van der Waals surface area contributed by atoms with Crippen molar-refractivity contribution in [1.82, 2.24) is 5.32 Å². The number of rotatable bonds is 5. The highest BCUT2D eigenvalue weighted by atomic mass is 79.9. The predicted molar refractivity (Wildman–Crippen MR) is 83.5 cm³/mol. The van der Waals surface area contributed by atoms with Crippen molar-refractivity contribution in [3.8, 4) is 5.75 Å². The Morgan fingerprint density at radius 1 is 1.43 bits per heavy atom. The Morgan fingerprint density at radius 2 is 2.10 bits per heavy atom. The number of alkyl carbamates (subject to hydrolysis) is 1. The van der Waals surface area contributed by atoms with Gasteiger partial charge in [0.1, 0.15) is 17.6 Å².